The number of nitrogens with zero attached hydrogens (tertiary/aromatic N) is 2. The van der Waals surface area contributed by atoms with Crippen LogP contribution in [0, 0.1) is 5.82 Å². The maximum Gasteiger partial charge on any atom is 0.359 e. The lowest BCUT2D eigenvalue weighted by Crippen LogP contribution is -2.26. The molecule has 0 bridgehead atoms. The Kier molecular flexibility index (Phi) is 5.86. The first-order chi connectivity index (χ1) is 13.0. The van der Waals surface area contributed by atoms with Crippen LogP contribution in [0.3, 0.4) is 0 Å². The van der Waals surface area contributed by atoms with Crippen LogP contribution in [0.15, 0.2) is 47.3 Å². The largest absolute Gasteiger partial charge is 0.456 e. The normalized spacial score (nSPS) is 10.9. The highest BCUT2D eigenvalue weighted by atomic mass is 35.5. The Labute approximate surface area is 160 Å². The van der Waals surface area contributed by atoms with E-state index in [1.807, 2.05) is 6.92 Å². The van der Waals surface area contributed by atoms with Crippen molar-refractivity contribution in [2.75, 3.05) is 0 Å². The van der Waals surface area contributed by atoms with E-state index in [1.165, 1.54) is 16.8 Å². The number of esters is 1. The third-order valence-electron chi connectivity index (χ3n) is 4.16. The Morgan fingerprint density at radius 2 is 1.96 bits per heavy atom. The van der Waals surface area contributed by atoms with Gasteiger partial charge in [0.1, 0.15) is 12.4 Å². The number of halogens is 2. The van der Waals surface area contributed by atoms with Crippen LogP contribution < -0.4 is 5.56 Å². The van der Waals surface area contributed by atoms with E-state index in [9.17, 15) is 14.0 Å². The minimum atomic E-state index is -0.670. The predicted octanol–water partition coefficient (Wildman–Crippen LogP) is 4.35. The van der Waals surface area contributed by atoms with Crippen LogP contribution in [0.5, 0.6) is 0 Å². The minimum absolute atomic E-state index is 0.0690. The molecule has 0 saturated heterocycles. The lowest BCUT2D eigenvalue weighted by molar-refractivity contribution is 0.0465. The zero-order valence-corrected chi connectivity index (χ0v) is 15.5. The summed E-state index contributed by atoms with van der Waals surface area (Å²) in [4.78, 5) is 25.2. The van der Waals surface area contributed by atoms with Crippen LogP contribution in [-0.4, -0.2) is 15.7 Å². The number of unbranched alkanes of at least 4 members (excludes halogenated alkanes) is 1. The van der Waals surface area contributed by atoms with Crippen LogP contribution in [0.25, 0.3) is 10.8 Å². The molecule has 0 radical (unpaired) electrons. The van der Waals surface area contributed by atoms with Crippen molar-refractivity contribution < 1.29 is 13.9 Å². The molecule has 0 fully saturated rings. The summed E-state index contributed by atoms with van der Waals surface area (Å²) in [5.41, 5.74) is 0.312. The summed E-state index contributed by atoms with van der Waals surface area (Å²) in [6.45, 7) is 2.31. The van der Waals surface area contributed by atoms with Crippen molar-refractivity contribution in [1.29, 1.82) is 0 Å². The molecule has 0 amide bonds. The summed E-state index contributed by atoms with van der Waals surface area (Å²) in [6.07, 6.45) is 1.66. The van der Waals surface area contributed by atoms with Crippen molar-refractivity contribution in [2.24, 2.45) is 0 Å². The maximum atomic E-state index is 13.1. The van der Waals surface area contributed by atoms with Gasteiger partial charge in [0, 0.05) is 17.5 Å². The van der Waals surface area contributed by atoms with Gasteiger partial charge in [-0.2, -0.15) is 5.10 Å². The zero-order chi connectivity index (χ0) is 19.4. The van der Waals surface area contributed by atoms with E-state index in [4.69, 9.17) is 16.3 Å². The average Bonchev–Trinajstić information content (AvgIpc) is 2.67. The van der Waals surface area contributed by atoms with Crippen LogP contribution in [0.4, 0.5) is 4.39 Å². The molecule has 0 spiro atoms. The van der Waals surface area contributed by atoms with Gasteiger partial charge >= 0.3 is 5.97 Å². The van der Waals surface area contributed by atoms with Crippen LogP contribution in [-0.2, 0) is 17.9 Å². The highest BCUT2D eigenvalue weighted by Crippen LogP contribution is 2.20. The molecule has 0 atom stereocenters. The standard InChI is InChI=1S/C20H18ClFN2O3/c1-2-3-10-24-19(25)16-7-5-4-6-15(16)18(23-24)20(26)27-12-13-8-9-14(22)11-17(13)21/h4-9,11H,2-3,10,12H2,1H3. The van der Waals surface area contributed by atoms with Gasteiger partial charge < -0.3 is 4.74 Å². The summed E-state index contributed by atoms with van der Waals surface area (Å²) < 4.78 is 19.8. The number of aryl methyl sites for hydroxylation is 1. The molecule has 5 nitrogen and oxygen atoms in total. The molecule has 0 aliphatic carbocycles. The highest BCUT2D eigenvalue weighted by Gasteiger charge is 2.18. The van der Waals surface area contributed by atoms with Crippen LogP contribution >= 0.6 is 11.6 Å². The number of carbonyl (C=O) groups excluding carboxylic acids is 1. The minimum Gasteiger partial charge on any atom is -0.456 e. The Morgan fingerprint density at radius 1 is 1.22 bits per heavy atom. The van der Waals surface area contributed by atoms with Gasteiger partial charge in [-0.1, -0.05) is 49.2 Å². The fraction of sp³-hybridized carbons (Fsp3) is 0.250. The molecule has 1 aromatic heterocycles. The molecule has 0 unspecified atom stereocenters. The zero-order valence-electron chi connectivity index (χ0n) is 14.7. The third kappa shape index (κ3) is 4.17. The fourth-order valence-corrected chi connectivity index (χ4v) is 2.92. The van der Waals surface area contributed by atoms with Crippen LogP contribution in [0.2, 0.25) is 5.02 Å². The number of fused-ring (bicyclic) bond motifs is 1. The van der Waals surface area contributed by atoms with E-state index < -0.39 is 11.8 Å². The number of benzene rings is 2. The molecular formula is C20H18ClFN2O3. The molecule has 3 aromatic rings. The van der Waals surface area contributed by atoms with Crippen molar-refractivity contribution in [3.63, 3.8) is 0 Å². The fourth-order valence-electron chi connectivity index (χ4n) is 2.70. The van der Waals surface area contributed by atoms with E-state index >= 15 is 0 Å². The molecule has 0 aliphatic rings. The molecule has 7 heteroatoms. The Balaban J connectivity index is 1.93. The quantitative estimate of drug-likeness (QED) is 0.589. The van der Waals surface area contributed by atoms with Crippen molar-refractivity contribution in [2.45, 2.75) is 32.9 Å². The predicted molar refractivity (Wildman–Crippen MR) is 101 cm³/mol. The Morgan fingerprint density at radius 3 is 2.67 bits per heavy atom. The Hall–Kier alpha value is -2.73. The molecule has 2 aromatic carbocycles. The van der Waals surface area contributed by atoms with Crippen molar-refractivity contribution >= 4 is 28.3 Å². The Bertz CT molecular complexity index is 1050. The first kappa shape index (κ1) is 19.0. The van der Waals surface area contributed by atoms with Crippen molar-refractivity contribution in [3.05, 3.63) is 74.9 Å². The van der Waals surface area contributed by atoms with Crippen LogP contribution in [0.1, 0.15) is 35.8 Å². The second kappa shape index (κ2) is 8.31. The smallest absolute Gasteiger partial charge is 0.359 e. The molecule has 3 rings (SSSR count). The number of carbonyl (C=O) groups is 1. The van der Waals surface area contributed by atoms with E-state index in [-0.39, 0.29) is 22.9 Å². The molecule has 0 aliphatic heterocycles. The van der Waals surface area contributed by atoms with E-state index in [0.29, 0.717) is 22.9 Å². The van der Waals surface area contributed by atoms with Gasteiger partial charge in [-0.15, -0.1) is 0 Å². The van der Waals surface area contributed by atoms with Crippen molar-refractivity contribution in [1.82, 2.24) is 9.78 Å². The van der Waals surface area contributed by atoms with Gasteiger partial charge in [-0.25, -0.2) is 13.9 Å². The lowest BCUT2D eigenvalue weighted by atomic mass is 10.1. The number of hydrogen-bond donors (Lipinski definition) is 0. The van der Waals surface area contributed by atoms with Gasteiger partial charge in [0.25, 0.3) is 5.56 Å². The van der Waals surface area contributed by atoms with Gasteiger partial charge in [-0.3, -0.25) is 4.79 Å². The summed E-state index contributed by atoms with van der Waals surface area (Å²) in [6, 6.07) is 10.6. The van der Waals surface area contributed by atoms with Gasteiger partial charge in [0.2, 0.25) is 0 Å². The van der Waals surface area contributed by atoms with E-state index in [1.54, 1.807) is 24.3 Å². The maximum absolute atomic E-state index is 13.1. The summed E-state index contributed by atoms with van der Waals surface area (Å²) in [5, 5.41) is 5.25. The molecule has 140 valence electrons. The van der Waals surface area contributed by atoms with Gasteiger partial charge in [0.05, 0.1) is 10.4 Å². The third-order valence-corrected chi connectivity index (χ3v) is 4.51. The first-order valence-corrected chi connectivity index (χ1v) is 9.00. The molecule has 27 heavy (non-hydrogen) atoms. The topological polar surface area (TPSA) is 61.2 Å². The summed E-state index contributed by atoms with van der Waals surface area (Å²) in [5.74, 6) is -1.14. The summed E-state index contributed by atoms with van der Waals surface area (Å²) in [7, 11) is 0. The lowest BCUT2D eigenvalue weighted by Gasteiger charge is -2.11. The highest BCUT2D eigenvalue weighted by molar-refractivity contribution is 6.31. The molecule has 1 heterocycles. The SMILES string of the molecule is CCCCn1nc(C(=O)OCc2ccc(F)cc2Cl)c2ccccc2c1=O. The monoisotopic (exact) mass is 388 g/mol. The van der Waals surface area contributed by atoms with Gasteiger partial charge in [-0.05, 0) is 24.6 Å². The molecule has 0 N–H and O–H groups in total. The van der Waals surface area contributed by atoms with Crippen molar-refractivity contribution in [3.8, 4) is 0 Å². The summed E-state index contributed by atoms with van der Waals surface area (Å²) >= 11 is 5.96. The van der Waals surface area contributed by atoms with E-state index in [2.05, 4.69) is 5.10 Å². The number of hydrogen-bond acceptors (Lipinski definition) is 4. The second-order valence-electron chi connectivity index (χ2n) is 6.09. The number of aromatic nitrogens is 2. The average molecular weight is 389 g/mol. The first-order valence-electron chi connectivity index (χ1n) is 8.62. The molecular weight excluding hydrogens is 371 g/mol. The molecule has 0 saturated carbocycles. The number of ether oxygens (including phenoxy) is 1. The van der Waals surface area contributed by atoms with E-state index in [0.717, 1.165) is 18.9 Å². The second-order valence-corrected chi connectivity index (χ2v) is 6.50. The number of rotatable bonds is 6. The van der Waals surface area contributed by atoms with Gasteiger partial charge in [0.15, 0.2) is 5.69 Å².